The molecule has 12 rings (SSSR count). The van der Waals surface area contributed by atoms with Gasteiger partial charge >= 0.3 is 0 Å². The highest BCUT2D eigenvalue weighted by molar-refractivity contribution is 7.26. The minimum Gasteiger partial charge on any atom is -0.455 e. The second-order valence-corrected chi connectivity index (χ2v) is 16.0. The molecule has 5 nitrogen and oxygen atoms in total. The van der Waals surface area contributed by atoms with Gasteiger partial charge in [-0.1, -0.05) is 176 Å². The van der Waals surface area contributed by atoms with Crippen LogP contribution in [0.15, 0.2) is 199 Å². The van der Waals surface area contributed by atoms with Crippen molar-refractivity contribution in [2.75, 3.05) is 0 Å². The third kappa shape index (κ3) is 5.76. The van der Waals surface area contributed by atoms with Gasteiger partial charge in [-0.25, -0.2) is 19.9 Å². The predicted octanol–water partition coefficient (Wildman–Crippen LogP) is 14.7. The molecule has 0 saturated carbocycles. The summed E-state index contributed by atoms with van der Waals surface area (Å²) in [6, 6.07) is 67.3. The molecule has 8 aromatic carbocycles. The molecule has 4 heterocycles. The zero-order valence-corrected chi connectivity index (χ0v) is 32.9. The van der Waals surface area contributed by atoms with E-state index in [4.69, 9.17) is 24.4 Å². The van der Waals surface area contributed by atoms with E-state index in [0.717, 1.165) is 77.5 Å². The summed E-state index contributed by atoms with van der Waals surface area (Å²) >= 11 is 1.83. The van der Waals surface area contributed by atoms with Crippen molar-refractivity contribution < 1.29 is 4.42 Å². The van der Waals surface area contributed by atoms with E-state index in [1.54, 1.807) is 0 Å². The van der Waals surface area contributed by atoms with Gasteiger partial charge < -0.3 is 4.42 Å². The van der Waals surface area contributed by atoms with E-state index in [9.17, 15) is 0 Å². The normalized spacial score (nSPS) is 11.7. The first-order valence-electron chi connectivity index (χ1n) is 20.0. The molecule has 0 radical (unpaired) electrons. The maximum absolute atomic E-state index is 6.36. The van der Waals surface area contributed by atoms with E-state index in [1.807, 2.05) is 59.9 Å². The summed E-state index contributed by atoms with van der Waals surface area (Å²) in [5.41, 5.74) is 11.9. The number of furan rings is 1. The van der Waals surface area contributed by atoms with Gasteiger partial charge in [-0.3, -0.25) is 0 Å². The summed E-state index contributed by atoms with van der Waals surface area (Å²) in [6.07, 6.45) is 0. The highest BCUT2D eigenvalue weighted by Crippen LogP contribution is 2.44. The topological polar surface area (TPSA) is 64.7 Å². The molecule has 4 aromatic heterocycles. The zero-order valence-electron chi connectivity index (χ0n) is 32.1. The van der Waals surface area contributed by atoms with E-state index in [1.165, 1.54) is 25.7 Å². The number of nitrogens with zero attached hydrogens (tertiary/aromatic N) is 4. The third-order valence-corrected chi connectivity index (χ3v) is 12.6. The highest BCUT2D eigenvalue weighted by atomic mass is 32.1. The van der Waals surface area contributed by atoms with Crippen LogP contribution in [0.3, 0.4) is 0 Å². The Hall–Kier alpha value is -7.80. The fraction of sp³-hybridized carbons (Fsp3) is 0. The molecule has 0 aliphatic heterocycles. The van der Waals surface area contributed by atoms with Gasteiger partial charge in [0.1, 0.15) is 11.2 Å². The first-order chi connectivity index (χ1) is 29.7. The van der Waals surface area contributed by atoms with Crippen molar-refractivity contribution in [3.8, 4) is 67.7 Å². The number of pyridine rings is 1. The monoisotopic (exact) mass is 784 g/mol. The fourth-order valence-electron chi connectivity index (χ4n) is 8.38. The van der Waals surface area contributed by atoms with Crippen LogP contribution in [0.4, 0.5) is 0 Å². The van der Waals surface area contributed by atoms with Gasteiger partial charge in [0.25, 0.3) is 0 Å². The lowest BCUT2D eigenvalue weighted by molar-refractivity contribution is 0.670. The third-order valence-electron chi connectivity index (χ3n) is 11.4. The van der Waals surface area contributed by atoms with Crippen molar-refractivity contribution in [3.63, 3.8) is 0 Å². The van der Waals surface area contributed by atoms with Crippen molar-refractivity contribution in [1.82, 2.24) is 19.9 Å². The van der Waals surface area contributed by atoms with Crippen molar-refractivity contribution in [2.24, 2.45) is 0 Å². The van der Waals surface area contributed by atoms with E-state index in [2.05, 4.69) is 146 Å². The van der Waals surface area contributed by atoms with Gasteiger partial charge in [-0.05, 0) is 34.9 Å². The molecule has 0 N–H and O–H groups in total. The standard InChI is InChI=1S/C54H32N4OS/c1-3-12-33(13-4-1)39-30-31-43-45(32-39)55-49(48-44-17-8-10-21-47(44)60-51(43)48)35-24-28-38(29-25-35)54-57-52(36-14-5-2-6-15-36)56-53(58-54)37-26-22-34(23-27-37)40-18-11-19-42-41-16-7-9-20-46(41)59-50(40)42/h1-32H. The molecule has 12 aromatic rings. The van der Waals surface area contributed by atoms with Crippen LogP contribution in [0.2, 0.25) is 0 Å². The first kappa shape index (κ1) is 34.3. The molecule has 0 spiro atoms. The number of hydrogen-bond donors (Lipinski definition) is 0. The molecule has 280 valence electrons. The molecule has 0 aliphatic rings. The van der Waals surface area contributed by atoms with Crippen molar-refractivity contribution in [2.45, 2.75) is 0 Å². The van der Waals surface area contributed by atoms with Crippen molar-refractivity contribution in [3.05, 3.63) is 194 Å². The van der Waals surface area contributed by atoms with Crippen LogP contribution < -0.4 is 0 Å². The Morgan fingerprint density at radius 1 is 0.367 bits per heavy atom. The fourth-order valence-corrected chi connectivity index (χ4v) is 9.62. The Morgan fingerprint density at radius 3 is 1.63 bits per heavy atom. The average molecular weight is 785 g/mol. The minimum atomic E-state index is 0.603. The summed E-state index contributed by atoms with van der Waals surface area (Å²) < 4.78 is 8.85. The van der Waals surface area contributed by atoms with Crippen LogP contribution in [0.5, 0.6) is 0 Å². The predicted molar refractivity (Wildman–Crippen MR) is 248 cm³/mol. The summed E-state index contributed by atoms with van der Waals surface area (Å²) in [5.74, 6) is 1.83. The number of benzene rings is 8. The van der Waals surface area contributed by atoms with E-state index >= 15 is 0 Å². The van der Waals surface area contributed by atoms with Crippen LogP contribution in [0, 0.1) is 0 Å². The molecule has 60 heavy (non-hydrogen) atoms. The zero-order chi connectivity index (χ0) is 39.6. The summed E-state index contributed by atoms with van der Waals surface area (Å²) in [7, 11) is 0. The van der Waals surface area contributed by atoms with Crippen molar-refractivity contribution >= 4 is 64.4 Å². The molecule has 0 bridgehead atoms. The second kappa shape index (κ2) is 13.9. The lowest BCUT2D eigenvalue weighted by atomic mass is 9.99. The van der Waals surface area contributed by atoms with E-state index < -0.39 is 0 Å². The smallest absolute Gasteiger partial charge is 0.164 e. The lowest BCUT2D eigenvalue weighted by Gasteiger charge is -2.11. The number of thiophene rings is 1. The van der Waals surface area contributed by atoms with Gasteiger partial charge in [-0.15, -0.1) is 11.3 Å². The number of aromatic nitrogens is 4. The Balaban J connectivity index is 0.957. The summed E-state index contributed by atoms with van der Waals surface area (Å²) in [6.45, 7) is 0. The molecular weight excluding hydrogens is 753 g/mol. The van der Waals surface area contributed by atoms with Crippen LogP contribution in [-0.2, 0) is 0 Å². The number of hydrogen-bond acceptors (Lipinski definition) is 6. The van der Waals surface area contributed by atoms with Gasteiger partial charge in [0.2, 0.25) is 0 Å². The minimum absolute atomic E-state index is 0.603. The molecule has 0 aliphatic carbocycles. The highest BCUT2D eigenvalue weighted by Gasteiger charge is 2.19. The molecular formula is C54H32N4OS. The molecule has 0 saturated heterocycles. The quantitative estimate of drug-likeness (QED) is 0.168. The van der Waals surface area contributed by atoms with E-state index in [-0.39, 0.29) is 0 Å². The summed E-state index contributed by atoms with van der Waals surface area (Å²) in [4.78, 5) is 20.5. The molecule has 0 amide bonds. The maximum Gasteiger partial charge on any atom is 0.164 e. The summed E-state index contributed by atoms with van der Waals surface area (Å²) in [5, 5.41) is 5.78. The Morgan fingerprint density at radius 2 is 0.917 bits per heavy atom. The molecule has 6 heteroatoms. The number of fused-ring (bicyclic) bond motifs is 8. The van der Waals surface area contributed by atoms with Gasteiger partial charge in [0.15, 0.2) is 17.5 Å². The van der Waals surface area contributed by atoms with Crippen LogP contribution in [-0.4, -0.2) is 19.9 Å². The van der Waals surface area contributed by atoms with Gasteiger partial charge in [0.05, 0.1) is 11.2 Å². The first-order valence-corrected chi connectivity index (χ1v) is 20.8. The second-order valence-electron chi connectivity index (χ2n) is 15.0. The Labute approximate surface area is 348 Å². The Kier molecular flexibility index (Phi) is 7.96. The van der Waals surface area contributed by atoms with E-state index in [0.29, 0.717) is 17.5 Å². The lowest BCUT2D eigenvalue weighted by Crippen LogP contribution is -2.00. The van der Waals surface area contributed by atoms with Gasteiger partial charge in [0, 0.05) is 64.1 Å². The van der Waals surface area contributed by atoms with Crippen LogP contribution >= 0.6 is 11.3 Å². The van der Waals surface area contributed by atoms with Gasteiger partial charge in [-0.2, -0.15) is 0 Å². The molecule has 0 fully saturated rings. The largest absolute Gasteiger partial charge is 0.455 e. The Bertz CT molecular complexity index is 3580. The number of rotatable bonds is 6. The van der Waals surface area contributed by atoms with Crippen LogP contribution in [0.25, 0.3) is 121 Å². The molecule has 0 unspecified atom stereocenters. The SMILES string of the molecule is c1ccc(-c2ccc3c(c2)nc(-c2ccc(-c4nc(-c5ccccc5)nc(-c5ccc(-c6cccc7c6oc6ccccc67)cc5)n4)cc2)c2c4ccccc4sc32)cc1. The van der Waals surface area contributed by atoms with Crippen LogP contribution in [0.1, 0.15) is 0 Å². The van der Waals surface area contributed by atoms with Crippen molar-refractivity contribution in [1.29, 1.82) is 0 Å². The average Bonchev–Trinajstić information content (AvgIpc) is 3.91. The number of para-hydroxylation sites is 2. The molecule has 0 atom stereocenters. The maximum atomic E-state index is 6.36.